The van der Waals surface area contributed by atoms with E-state index in [4.69, 9.17) is 0 Å². The number of hydrogen-bond donors (Lipinski definition) is 1. The Bertz CT molecular complexity index is 204. The van der Waals surface area contributed by atoms with Gasteiger partial charge in [0, 0.05) is 0 Å². The maximum absolute atomic E-state index is 4.29. The Morgan fingerprint density at radius 2 is 1.80 bits per heavy atom. The average Bonchev–Trinajstić information content (AvgIpc) is 1.88. The van der Waals surface area contributed by atoms with Crippen LogP contribution >= 0.6 is 12.6 Å². The van der Waals surface area contributed by atoms with Crippen LogP contribution in [0.1, 0.15) is 19.7 Å². The topological polar surface area (TPSA) is 38.7 Å². The van der Waals surface area contributed by atoms with Crippen molar-refractivity contribution in [3.63, 3.8) is 0 Å². The van der Waals surface area contributed by atoms with Crippen LogP contribution in [-0.2, 0) is 4.75 Å². The smallest absolute Gasteiger partial charge is 0.147 e. The zero-order valence-corrected chi connectivity index (χ0v) is 6.84. The maximum atomic E-state index is 4.29. The van der Waals surface area contributed by atoms with E-state index < -0.39 is 0 Å². The first kappa shape index (κ1) is 7.47. The Labute approximate surface area is 65.3 Å². The van der Waals surface area contributed by atoms with E-state index in [2.05, 4.69) is 27.6 Å². The minimum absolute atomic E-state index is 0.275. The molecule has 0 aliphatic carbocycles. The molecular formula is C6H9N3S. The molecule has 4 heteroatoms. The van der Waals surface area contributed by atoms with E-state index in [1.165, 1.54) is 12.7 Å². The molecular weight excluding hydrogens is 146 g/mol. The van der Waals surface area contributed by atoms with Gasteiger partial charge in [0.1, 0.15) is 18.5 Å². The highest BCUT2D eigenvalue weighted by Gasteiger charge is 2.16. The summed E-state index contributed by atoms with van der Waals surface area (Å²) in [4.78, 5) is 11.6. The summed E-state index contributed by atoms with van der Waals surface area (Å²) < 4.78 is -0.275. The molecule has 0 saturated heterocycles. The standard InChI is InChI=1S/C6H9N3S/c1-6(2,10)5-8-3-7-4-9-5/h3-4,10H,1-2H3. The first-order chi connectivity index (χ1) is 4.61. The SMILES string of the molecule is CC(C)(S)c1ncncn1. The zero-order valence-electron chi connectivity index (χ0n) is 5.94. The Hall–Kier alpha value is -0.640. The van der Waals surface area contributed by atoms with Crippen molar-refractivity contribution in [2.75, 3.05) is 0 Å². The van der Waals surface area contributed by atoms with E-state index in [0.717, 1.165) is 0 Å². The van der Waals surface area contributed by atoms with E-state index in [9.17, 15) is 0 Å². The van der Waals surface area contributed by atoms with Gasteiger partial charge < -0.3 is 0 Å². The van der Waals surface area contributed by atoms with Gasteiger partial charge in [-0.3, -0.25) is 0 Å². The van der Waals surface area contributed by atoms with Gasteiger partial charge in [-0.2, -0.15) is 12.6 Å². The average molecular weight is 155 g/mol. The molecule has 0 spiro atoms. The lowest BCUT2D eigenvalue weighted by atomic mass is 10.2. The predicted octanol–water partition coefficient (Wildman–Crippen LogP) is 1.04. The normalized spacial score (nSPS) is 11.5. The Morgan fingerprint density at radius 3 is 2.10 bits per heavy atom. The minimum atomic E-state index is -0.275. The fourth-order valence-corrected chi connectivity index (χ4v) is 0.671. The van der Waals surface area contributed by atoms with Gasteiger partial charge >= 0.3 is 0 Å². The summed E-state index contributed by atoms with van der Waals surface area (Å²) in [5, 5.41) is 0. The quantitative estimate of drug-likeness (QED) is 0.616. The summed E-state index contributed by atoms with van der Waals surface area (Å²) >= 11 is 4.29. The van der Waals surface area contributed by atoms with Crippen molar-refractivity contribution in [2.24, 2.45) is 0 Å². The molecule has 1 aromatic heterocycles. The van der Waals surface area contributed by atoms with Crippen LogP contribution in [0.2, 0.25) is 0 Å². The molecule has 0 unspecified atom stereocenters. The molecule has 0 fully saturated rings. The van der Waals surface area contributed by atoms with Gasteiger partial charge in [-0.15, -0.1) is 0 Å². The molecule has 1 heterocycles. The molecule has 54 valence electrons. The first-order valence-electron chi connectivity index (χ1n) is 2.95. The summed E-state index contributed by atoms with van der Waals surface area (Å²) in [5.74, 6) is 0.700. The third-order valence-corrected chi connectivity index (χ3v) is 1.24. The molecule has 1 aromatic rings. The van der Waals surface area contributed by atoms with E-state index in [-0.39, 0.29) is 4.75 Å². The van der Waals surface area contributed by atoms with E-state index in [1.54, 1.807) is 0 Å². The van der Waals surface area contributed by atoms with Crippen LogP contribution in [0.3, 0.4) is 0 Å². The van der Waals surface area contributed by atoms with Crippen LogP contribution in [0.15, 0.2) is 12.7 Å². The summed E-state index contributed by atoms with van der Waals surface area (Å²) in [6.45, 7) is 3.87. The molecule has 0 aliphatic rings. The monoisotopic (exact) mass is 155 g/mol. The number of rotatable bonds is 1. The van der Waals surface area contributed by atoms with Gasteiger partial charge in [0.05, 0.1) is 4.75 Å². The van der Waals surface area contributed by atoms with Crippen LogP contribution in [0.5, 0.6) is 0 Å². The van der Waals surface area contributed by atoms with Crippen molar-refractivity contribution >= 4 is 12.6 Å². The van der Waals surface area contributed by atoms with Crippen molar-refractivity contribution in [2.45, 2.75) is 18.6 Å². The summed E-state index contributed by atoms with van der Waals surface area (Å²) in [7, 11) is 0. The predicted molar refractivity (Wildman–Crippen MR) is 41.8 cm³/mol. The highest BCUT2D eigenvalue weighted by molar-refractivity contribution is 7.81. The van der Waals surface area contributed by atoms with Crippen LogP contribution in [0.25, 0.3) is 0 Å². The van der Waals surface area contributed by atoms with E-state index >= 15 is 0 Å². The molecule has 0 atom stereocenters. The Balaban J connectivity index is 2.97. The van der Waals surface area contributed by atoms with Gasteiger partial charge in [0.15, 0.2) is 0 Å². The lowest BCUT2D eigenvalue weighted by molar-refractivity contribution is 0.703. The molecule has 0 saturated carbocycles. The van der Waals surface area contributed by atoms with Crippen molar-refractivity contribution < 1.29 is 0 Å². The third kappa shape index (κ3) is 1.67. The molecule has 0 radical (unpaired) electrons. The molecule has 0 amide bonds. The molecule has 10 heavy (non-hydrogen) atoms. The lowest BCUT2D eigenvalue weighted by Gasteiger charge is -2.13. The van der Waals surface area contributed by atoms with Crippen molar-refractivity contribution in [3.05, 3.63) is 18.5 Å². The van der Waals surface area contributed by atoms with Crippen LogP contribution < -0.4 is 0 Å². The highest BCUT2D eigenvalue weighted by Crippen LogP contribution is 2.21. The molecule has 3 nitrogen and oxygen atoms in total. The van der Waals surface area contributed by atoms with Gasteiger partial charge in [-0.25, -0.2) is 15.0 Å². The Kier molecular flexibility index (Phi) is 1.89. The summed E-state index contributed by atoms with van der Waals surface area (Å²) in [6, 6.07) is 0. The largest absolute Gasteiger partial charge is 0.225 e. The van der Waals surface area contributed by atoms with Crippen LogP contribution in [0.4, 0.5) is 0 Å². The fraction of sp³-hybridized carbons (Fsp3) is 0.500. The van der Waals surface area contributed by atoms with Gasteiger partial charge in [0.25, 0.3) is 0 Å². The lowest BCUT2D eigenvalue weighted by Crippen LogP contribution is -2.12. The van der Waals surface area contributed by atoms with Crippen LogP contribution in [0, 0.1) is 0 Å². The molecule has 0 N–H and O–H groups in total. The Morgan fingerprint density at radius 1 is 1.30 bits per heavy atom. The van der Waals surface area contributed by atoms with Gasteiger partial charge in [0.2, 0.25) is 0 Å². The van der Waals surface area contributed by atoms with Crippen LogP contribution in [-0.4, -0.2) is 15.0 Å². The number of aromatic nitrogens is 3. The maximum Gasteiger partial charge on any atom is 0.147 e. The second-order valence-corrected chi connectivity index (χ2v) is 3.64. The summed E-state index contributed by atoms with van der Waals surface area (Å²) in [6.07, 6.45) is 2.95. The first-order valence-corrected chi connectivity index (χ1v) is 3.40. The fourth-order valence-electron chi connectivity index (χ4n) is 0.555. The molecule has 1 rings (SSSR count). The summed E-state index contributed by atoms with van der Waals surface area (Å²) in [5.41, 5.74) is 0. The molecule has 0 aromatic carbocycles. The number of hydrogen-bond acceptors (Lipinski definition) is 4. The highest BCUT2D eigenvalue weighted by atomic mass is 32.1. The molecule has 0 bridgehead atoms. The van der Waals surface area contributed by atoms with Crippen molar-refractivity contribution in [1.82, 2.24) is 15.0 Å². The van der Waals surface area contributed by atoms with E-state index in [0.29, 0.717) is 5.82 Å². The second-order valence-electron chi connectivity index (χ2n) is 2.52. The van der Waals surface area contributed by atoms with Crippen molar-refractivity contribution in [3.8, 4) is 0 Å². The minimum Gasteiger partial charge on any atom is -0.225 e. The van der Waals surface area contributed by atoms with Gasteiger partial charge in [-0.05, 0) is 13.8 Å². The van der Waals surface area contributed by atoms with Gasteiger partial charge in [-0.1, -0.05) is 0 Å². The third-order valence-electron chi connectivity index (χ3n) is 1.04. The second kappa shape index (κ2) is 2.54. The molecule has 0 aliphatic heterocycles. The zero-order chi connectivity index (χ0) is 7.61. The number of thiol groups is 1. The van der Waals surface area contributed by atoms with E-state index in [1.807, 2.05) is 13.8 Å². The van der Waals surface area contributed by atoms with Crippen molar-refractivity contribution in [1.29, 1.82) is 0 Å². The number of nitrogens with zero attached hydrogens (tertiary/aromatic N) is 3.